The highest BCUT2D eigenvalue weighted by atomic mass is 32.2. The summed E-state index contributed by atoms with van der Waals surface area (Å²) in [4.78, 5) is 36.9. The molecule has 0 aromatic heterocycles. The summed E-state index contributed by atoms with van der Waals surface area (Å²) in [5.74, 6) is -0.795. The van der Waals surface area contributed by atoms with Crippen LogP contribution in [0, 0.1) is 0 Å². The first-order valence-corrected chi connectivity index (χ1v) is 10.3. The summed E-state index contributed by atoms with van der Waals surface area (Å²) < 4.78 is 15.3. The lowest BCUT2D eigenvalue weighted by Crippen LogP contribution is -2.22. The van der Waals surface area contributed by atoms with Gasteiger partial charge in [0.15, 0.2) is 0 Å². The van der Waals surface area contributed by atoms with Gasteiger partial charge in [0.05, 0.1) is 5.56 Å². The Bertz CT molecular complexity index is 847. The van der Waals surface area contributed by atoms with Crippen LogP contribution in [0.2, 0.25) is 0 Å². The van der Waals surface area contributed by atoms with E-state index in [-0.39, 0.29) is 11.3 Å². The van der Waals surface area contributed by atoms with Crippen molar-refractivity contribution in [3.63, 3.8) is 0 Å². The van der Waals surface area contributed by atoms with Crippen LogP contribution in [0.4, 0.5) is 0 Å². The van der Waals surface area contributed by atoms with E-state index in [9.17, 15) is 14.4 Å². The summed E-state index contributed by atoms with van der Waals surface area (Å²) in [5, 5.41) is 0. The predicted octanol–water partition coefficient (Wildman–Crippen LogP) is 4.86. The number of carbonyl (C=O) groups is 3. The number of para-hydroxylation sites is 1. The Hall–Kier alpha value is -2.80. The fraction of sp³-hybridized carbons (Fsp3) is 0.318. The molecule has 0 amide bonds. The van der Waals surface area contributed by atoms with E-state index in [1.807, 2.05) is 12.1 Å². The second-order valence-electron chi connectivity index (χ2n) is 6.19. The van der Waals surface area contributed by atoms with E-state index < -0.39 is 24.2 Å². The Morgan fingerprint density at radius 3 is 2.28 bits per heavy atom. The van der Waals surface area contributed by atoms with Gasteiger partial charge in [0, 0.05) is 18.7 Å². The molecule has 0 bridgehead atoms. The second kappa shape index (κ2) is 11.3. The van der Waals surface area contributed by atoms with Crippen LogP contribution in [-0.4, -0.2) is 30.0 Å². The van der Waals surface area contributed by atoms with E-state index in [1.54, 1.807) is 36.0 Å². The molecule has 1 unspecified atom stereocenters. The van der Waals surface area contributed by atoms with E-state index in [0.29, 0.717) is 5.56 Å². The Labute approximate surface area is 174 Å². The lowest BCUT2D eigenvalue weighted by atomic mass is 10.2. The largest absolute Gasteiger partial charge is 0.426 e. The quantitative estimate of drug-likeness (QED) is 0.190. The average Bonchev–Trinajstić information content (AvgIpc) is 2.68. The molecular weight excluding hydrogens is 392 g/mol. The maximum Gasteiger partial charge on any atom is 0.345 e. The second-order valence-corrected chi connectivity index (χ2v) is 7.36. The van der Waals surface area contributed by atoms with Crippen molar-refractivity contribution in [3.8, 4) is 5.75 Å². The highest BCUT2D eigenvalue weighted by Gasteiger charge is 2.20. The Morgan fingerprint density at radius 2 is 1.62 bits per heavy atom. The predicted molar refractivity (Wildman–Crippen MR) is 110 cm³/mol. The van der Waals surface area contributed by atoms with Gasteiger partial charge in [-0.25, -0.2) is 9.59 Å². The molecule has 2 rings (SSSR count). The molecule has 1 atom stereocenters. The van der Waals surface area contributed by atoms with Crippen molar-refractivity contribution < 1.29 is 28.6 Å². The lowest BCUT2D eigenvalue weighted by Gasteiger charge is -2.15. The first-order chi connectivity index (χ1) is 13.9. The monoisotopic (exact) mass is 416 g/mol. The van der Waals surface area contributed by atoms with Gasteiger partial charge in [0.25, 0.3) is 0 Å². The zero-order valence-electron chi connectivity index (χ0n) is 16.7. The van der Waals surface area contributed by atoms with Crippen LogP contribution in [0.3, 0.4) is 0 Å². The van der Waals surface area contributed by atoms with E-state index in [4.69, 9.17) is 14.2 Å². The minimum atomic E-state index is -1.11. The van der Waals surface area contributed by atoms with E-state index in [1.165, 1.54) is 26.0 Å². The van der Waals surface area contributed by atoms with Crippen molar-refractivity contribution in [2.75, 3.05) is 5.75 Å². The third-order valence-electron chi connectivity index (χ3n) is 3.76. The van der Waals surface area contributed by atoms with Crippen LogP contribution >= 0.6 is 11.8 Å². The van der Waals surface area contributed by atoms with Gasteiger partial charge in [-0.15, -0.1) is 11.8 Å². The molecule has 0 saturated heterocycles. The van der Waals surface area contributed by atoms with Gasteiger partial charge < -0.3 is 14.2 Å². The summed E-state index contributed by atoms with van der Waals surface area (Å²) in [6, 6.07) is 13.3. The van der Waals surface area contributed by atoms with Gasteiger partial charge in [0.2, 0.25) is 6.29 Å². The summed E-state index contributed by atoms with van der Waals surface area (Å²) >= 11 is 1.73. The molecule has 0 heterocycles. The third-order valence-corrected chi connectivity index (χ3v) is 4.86. The van der Waals surface area contributed by atoms with Gasteiger partial charge in [-0.2, -0.15) is 0 Å². The van der Waals surface area contributed by atoms with Gasteiger partial charge in [-0.3, -0.25) is 4.79 Å². The molecule has 0 N–H and O–H groups in total. The molecule has 7 heteroatoms. The van der Waals surface area contributed by atoms with Gasteiger partial charge in [-0.1, -0.05) is 25.5 Å². The SMILES string of the molecule is CCCCSc1ccc(C(=O)OC(C)OC(=O)c2ccccc2OC(C)=O)cc1. The van der Waals surface area contributed by atoms with Gasteiger partial charge >= 0.3 is 17.9 Å². The first kappa shape index (κ1) is 22.5. The van der Waals surface area contributed by atoms with E-state index >= 15 is 0 Å². The Balaban J connectivity index is 1.93. The van der Waals surface area contributed by atoms with Crippen molar-refractivity contribution in [1.82, 2.24) is 0 Å². The number of hydrogen-bond acceptors (Lipinski definition) is 7. The average molecular weight is 416 g/mol. The molecule has 0 aliphatic heterocycles. The molecule has 6 nitrogen and oxygen atoms in total. The minimum absolute atomic E-state index is 0.0686. The number of thioether (sulfide) groups is 1. The third kappa shape index (κ3) is 7.27. The molecule has 29 heavy (non-hydrogen) atoms. The molecular formula is C22H24O6S. The standard InChI is InChI=1S/C22H24O6S/c1-4-5-14-29-18-12-10-17(11-13-18)21(24)27-16(3)28-22(25)19-8-6-7-9-20(19)26-15(2)23/h6-13,16H,4-5,14H2,1-3H3. The van der Waals surface area contributed by atoms with Crippen LogP contribution in [0.25, 0.3) is 0 Å². The summed E-state index contributed by atoms with van der Waals surface area (Å²) in [7, 11) is 0. The summed E-state index contributed by atoms with van der Waals surface area (Å²) in [5.41, 5.74) is 0.437. The topological polar surface area (TPSA) is 78.9 Å². The van der Waals surface area contributed by atoms with Crippen LogP contribution in [-0.2, 0) is 14.3 Å². The Morgan fingerprint density at radius 1 is 0.966 bits per heavy atom. The van der Waals surface area contributed by atoms with Crippen LogP contribution in [0.15, 0.2) is 53.4 Å². The lowest BCUT2D eigenvalue weighted by molar-refractivity contribution is -0.131. The summed E-state index contributed by atoms with van der Waals surface area (Å²) in [6.45, 7) is 4.82. The number of rotatable bonds is 9. The molecule has 154 valence electrons. The number of benzene rings is 2. The molecule has 0 saturated carbocycles. The molecule has 2 aromatic carbocycles. The smallest absolute Gasteiger partial charge is 0.345 e. The van der Waals surface area contributed by atoms with Crippen LogP contribution in [0.5, 0.6) is 5.75 Å². The number of carbonyl (C=O) groups excluding carboxylic acids is 3. The van der Waals surface area contributed by atoms with Crippen molar-refractivity contribution in [2.24, 2.45) is 0 Å². The molecule has 0 radical (unpaired) electrons. The molecule has 0 fully saturated rings. The normalized spacial score (nSPS) is 11.4. The van der Waals surface area contributed by atoms with Crippen molar-refractivity contribution in [1.29, 1.82) is 0 Å². The highest BCUT2D eigenvalue weighted by Crippen LogP contribution is 2.22. The van der Waals surface area contributed by atoms with Gasteiger partial charge in [-0.05, 0) is 48.6 Å². The zero-order chi connectivity index (χ0) is 21.2. The van der Waals surface area contributed by atoms with Gasteiger partial charge in [0.1, 0.15) is 11.3 Å². The van der Waals surface area contributed by atoms with E-state index in [0.717, 1.165) is 23.5 Å². The van der Waals surface area contributed by atoms with Crippen LogP contribution in [0.1, 0.15) is 54.3 Å². The maximum atomic E-state index is 12.3. The van der Waals surface area contributed by atoms with Crippen LogP contribution < -0.4 is 4.74 Å². The Kier molecular flexibility index (Phi) is 8.73. The number of unbranched alkanes of at least 4 members (excludes halogenated alkanes) is 1. The molecule has 0 aliphatic carbocycles. The van der Waals surface area contributed by atoms with Crippen molar-refractivity contribution in [2.45, 2.75) is 44.8 Å². The molecule has 0 spiro atoms. The highest BCUT2D eigenvalue weighted by molar-refractivity contribution is 7.99. The fourth-order valence-corrected chi connectivity index (χ4v) is 3.36. The number of hydrogen-bond donors (Lipinski definition) is 0. The minimum Gasteiger partial charge on any atom is -0.426 e. The summed E-state index contributed by atoms with van der Waals surface area (Å²) in [6.07, 6.45) is 1.16. The van der Waals surface area contributed by atoms with Crippen molar-refractivity contribution in [3.05, 3.63) is 59.7 Å². The maximum absolute atomic E-state index is 12.3. The van der Waals surface area contributed by atoms with E-state index in [2.05, 4.69) is 6.92 Å². The molecule has 2 aromatic rings. The molecule has 0 aliphatic rings. The zero-order valence-corrected chi connectivity index (χ0v) is 17.5. The van der Waals surface area contributed by atoms with Crippen molar-refractivity contribution >= 4 is 29.7 Å². The first-order valence-electron chi connectivity index (χ1n) is 9.33. The fourth-order valence-electron chi connectivity index (χ4n) is 2.36. The number of esters is 3. The number of ether oxygens (including phenoxy) is 3.